The topological polar surface area (TPSA) is 72.9 Å². The van der Waals surface area contributed by atoms with Gasteiger partial charge in [0.05, 0.1) is 18.2 Å². The van der Waals surface area contributed by atoms with Crippen LogP contribution in [0.25, 0.3) is 0 Å². The Labute approximate surface area is 161 Å². The Bertz CT molecular complexity index is 940. The summed E-state index contributed by atoms with van der Waals surface area (Å²) >= 11 is 0. The minimum Gasteiger partial charge on any atom is -0.488 e. The number of fused-ring (bicyclic) bond motifs is 1. The molecule has 2 aromatic rings. The van der Waals surface area contributed by atoms with Gasteiger partial charge < -0.3 is 9.47 Å². The molecule has 0 spiro atoms. The van der Waals surface area contributed by atoms with Gasteiger partial charge in [-0.1, -0.05) is 12.1 Å². The van der Waals surface area contributed by atoms with E-state index in [-0.39, 0.29) is 28.7 Å². The van der Waals surface area contributed by atoms with Gasteiger partial charge in [-0.25, -0.2) is 4.39 Å². The molecule has 0 aromatic heterocycles. The maximum Gasteiger partial charge on any atom is 0.270 e. The summed E-state index contributed by atoms with van der Waals surface area (Å²) in [5.74, 6) is -2.19. The summed E-state index contributed by atoms with van der Waals surface area (Å²) in [5, 5.41) is 0. The first-order valence-corrected chi connectivity index (χ1v) is 8.88. The van der Waals surface area contributed by atoms with Gasteiger partial charge in [-0.3, -0.25) is 19.3 Å². The van der Waals surface area contributed by atoms with Crippen molar-refractivity contribution in [2.24, 2.45) is 0 Å². The average Bonchev–Trinajstić information content (AvgIpc) is 2.74. The van der Waals surface area contributed by atoms with E-state index >= 15 is 0 Å². The Balaban J connectivity index is 1.85. The second-order valence-electron chi connectivity index (χ2n) is 6.72. The van der Waals surface area contributed by atoms with Crippen LogP contribution in [0.3, 0.4) is 0 Å². The zero-order chi connectivity index (χ0) is 20.4. The first kappa shape index (κ1) is 19.5. The fraction of sp³-hybridized carbons (Fsp3) is 0.286. The van der Waals surface area contributed by atoms with Crippen LogP contribution in [0.1, 0.15) is 41.5 Å². The van der Waals surface area contributed by atoms with Crippen LogP contribution < -0.4 is 9.47 Å². The van der Waals surface area contributed by atoms with Crippen LogP contribution in [0, 0.1) is 5.82 Å². The number of amides is 2. The highest BCUT2D eigenvalue weighted by molar-refractivity contribution is 6.12. The summed E-state index contributed by atoms with van der Waals surface area (Å²) in [6, 6.07) is 10.3. The highest BCUT2D eigenvalue weighted by Gasteiger charge is 2.35. The van der Waals surface area contributed by atoms with Crippen molar-refractivity contribution in [3.05, 3.63) is 59.4 Å². The zero-order valence-corrected chi connectivity index (χ0v) is 15.8. The summed E-state index contributed by atoms with van der Waals surface area (Å²) in [7, 11) is 0. The van der Waals surface area contributed by atoms with Crippen LogP contribution in [0.15, 0.2) is 42.5 Å². The van der Waals surface area contributed by atoms with Crippen LogP contribution in [0.4, 0.5) is 4.39 Å². The predicted octanol–water partition coefficient (Wildman–Crippen LogP) is 3.25. The summed E-state index contributed by atoms with van der Waals surface area (Å²) in [6.45, 7) is 4.52. The highest BCUT2D eigenvalue weighted by atomic mass is 19.1. The molecule has 2 aromatic carbocycles. The third kappa shape index (κ3) is 3.88. The molecule has 0 radical (unpaired) electrons. The second-order valence-corrected chi connectivity index (χ2v) is 6.72. The summed E-state index contributed by atoms with van der Waals surface area (Å²) in [6.07, 6.45) is -1.15. The van der Waals surface area contributed by atoms with E-state index in [0.29, 0.717) is 0 Å². The smallest absolute Gasteiger partial charge is 0.270 e. The van der Waals surface area contributed by atoms with Crippen LogP contribution in [-0.4, -0.2) is 41.3 Å². The lowest BCUT2D eigenvalue weighted by Crippen LogP contribution is -2.44. The standard InChI is InChI=1S/C21H20FNO5/c1-12(2)27-19-9-8-14(10-16(19)22)17(24)11-23-20(25)13(3)28-18-7-5-4-6-15(18)21(23)26/h4-10,12-13H,11H2,1-3H3/t13-/m0/s1. The van der Waals surface area contributed by atoms with E-state index in [2.05, 4.69) is 0 Å². The molecule has 1 heterocycles. The fourth-order valence-corrected chi connectivity index (χ4v) is 2.86. The molecule has 0 unspecified atom stereocenters. The molecule has 7 heteroatoms. The molecule has 0 bridgehead atoms. The van der Waals surface area contributed by atoms with Crippen LogP contribution >= 0.6 is 0 Å². The molecule has 1 aliphatic rings. The number of benzene rings is 2. The van der Waals surface area contributed by atoms with Gasteiger partial charge >= 0.3 is 0 Å². The Morgan fingerprint density at radius 2 is 1.93 bits per heavy atom. The zero-order valence-electron chi connectivity index (χ0n) is 15.8. The van der Waals surface area contributed by atoms with E-state index in [1.54, 1.807) is 32.0 Å². The lowest BCUT2D eigenvalue weighted by atomic mass is 10.1. The van der Waals surface area contributed by atoms with E-state index in [9.17, 15) is 18.8 Å². The minimum atomic E-state index is -0.932. The van der Waals surface area contributed by atoms with Gasteiger partial charge in [0, 0.05) is 5.56 Å². The number of imide groups is 1. The van der Waals surface area contributed by atoms with Gasteiger partial charge in [0.15, 0.2) is 23.5 Å². The number of hydrogen-bond acceptors (Lipinski definition) is 5. The van der Waals surface area contributed by atoms with Crippen molar-refractivity contribution in [3.63, 3.8) is 0 Å². The largest absolute Gasteiger partial charge is 0.488 e. The first-order chi connectivity index (χ1) is 13.3. The molecule has 3 rings (SSSR count). The summed E-state index contributed by atoms with van der Waals surface area (Å²) in [5.41, 5.74) is 0.236. The number of halogens is 1. The van der Waals surface area contributed by atoms with Gasteiger partial charge in [-0.05, 0) is 51.1 Å². The molecule has 2 amide bonds. The maximum absolute atomic E-state index is 14.2. The Morgan fingerprint density at radius 1 is 1.21 bits per heavy atom. The second kappa shape index (κ2) is 7.80. The molecule has 146 valence electrons. The highest BCUT2D eigenvalue weighted by Crippen LogP contribution is 2.26. The Hall–Kier alpha value is -3.22. The van der Waals surface area contributed by atoms with Crippen LogP contribution in [-0.2, 0) is 4.79 Å². The van der Waals surface area contributed by atoms with E-state index in [1.165, 1.54) is 25.1 Å². The lowest BCUT2D eigenvalue weighted by Gasteiger charge is -2.20. The van der Waals surface area contributed by atoms with Crippen molar-refractivity contribution in [1.82, 2.24) is 4.90 Å². The molecule has 1 aliphatic heterocycles. The van der Waals surface area contributed by atoms with Gasteiger partial charge in [0.25, 0.3) is 11.8 Å². The van der Waals surface area contributed by atoms with Crippen molar-refractivity contribution in [2.75, 3.05) is 6.54 Å². The van der Waals surface area contributed by atoms with E-state index < -0.39 is 36.1 Å². The maximum atomic E-state index is 14.2. The van der Waals surface area contributed by atoms with Crippen molar-refractivity contribution >= 4 is 17.6 Å². The van der Waals surface area contributed by atoms with Crippen LogP contribution in [0.2, 0.25) is 0 Å². The van der Waals surface area contributed by atoms with Gasteiger partial charge in [-0.2, -0.15) is 0 Å². The Morgan fingerprint density at radius 3 is 2.61 bits per heavy atom. The molecular weight excluding hydrogens is 365 g/mol. The number of carbonyl (C=O) groups is 3. The van der Waals surface area contributed by atoms with Crippen molar-refractivity contribution in [2.45, 2.75) is 33.0 Å². The molecule has 0 saturated heterocycles. The molecular formula is C21H20FNO5. The third-order valence-electron chi connectivity index (χ3n) is 4.20. The van der Waals surface area contributed by atoms with Crippen LogP contribution in [0.5, 0.6) is 11.5 Å². The fourth-order valence-electron chi connectivity index (χ4n) is 2.86. The van der Waals surface area contributed by atoms with Crippen molar-refractivity contribution < 1.29 is 28.2 Å². The molecule has 0 fully saturated rings. The van der Waals surface area contributed by atoms with E-state index in [0.717, 1.165) is 11.0 Å². The monoisotopic (exact) mass is 385 g/mol. The lowest BCUT2D eigenvalue weighted by molar-refractivity contribution is -0.134. The van der Waals surface area contributed by atoms with Crippen molar-refractivity contribution in [3.8, 4) is 11.5 Å². The quantitative estimate of drug-likeness (QED) is 0.584. The first-order valence-electron chi connectivity index (χ1n) is 8.88. The normalized spacial score (nSPS) is 16.5. The molecule has 6 nitrogen and oxygen atoms in total. The predicted molar refractivity (Wildman–Crippen MR) is 99.1 cm³/mol. The number of ketones is 1. The number of hydrogen-bond donors (Lipinski definition) is 0. The molecule has 0 N–H and O–H groups in total. The van der Waals surface area contributed by atoms with Gasteiger partial charge in [-0.15, -0.1) is 0 Å². The number of para-hydroxylation sites is 1. The van der Waals surface area contributed by atoms with E-state index in [1.807, 2.05) is 0 Å². The third-order valence-corrected chi connectivity index (χ3v) is 4.20. The van der Waals surface area contributed by atoms with Gasteiger partial charge in [0.2, 0.25) is 0 Å². The number of ether oxygens (including phenoxy) is 2. The number of rotatable bonds is 5. The SMILES string of the molecule is CC(C)Oc1ccc(C(=O)CN2C(=O)c3ccccc3O[C@@H](C)C2=O)cc1F. The number of carbonyl (C=O) groups excluding carboxylic acids is 3. The molecule has 0 saturated carbocycles. The van der Waals surface area contributed by atoms with Gasteiger partial charge in [0.1, 0.15) is 5.75 Å². The number of Topliss-reactive ketones (excluding diaryl/α,β-unsaturated/α-hetero) is 1. The summed E-state index contributed by atoms with van der Waals surface area (Å²) in [4.78, 5) is 38.8. The molecule has 1 atom stereocenters. The molecule has 28 heavy (non-hydrogen) atoms. The number of nitrogens with zero attached hydrogens (tertiary/aromatic N) is 1. The Kier molecular flexibility index (Phi) is 5.44. The minimum absolute atomic E-state index is 0.0319. The summed E-state index contributed by atoms with van der Waals surface area (Å²) < 4.78 is 25.0. The van der Waals surface area contributed by atoms with E-state index in [4.69, 9.17) is 9.47 Å². The average molecular weight is 385 g/mol. The molecule has 0 aliphatic carbocycles. The van der Waals surface area contributed by atoms with Crippen molar-refractivity contribution in [1.29, 1.82) is 0 Å².